The molecule has 0 aliphatic carbocycles. The lowest BCUT2D eigenvalue weighted by Gasteiger charge is -2.16. The van der Waals surface area contributed by atoms with Gasteiger partial charge in [-0.05, 0) is 24.7 Å². The highest BCUT2D eigenvalue weighted by Gasteiger charge is 2.17. The van der Waals surface area contributed by atoms with Crippen LogP contribution in [0.3, 0.4) is 0 Å². The molecular weight excluding hydrogens is 266 g/mol. The molecule has 2 rings (SSSR count). The van der Waals surface area contributed by atoms with Crippen LogP contribution in [0.5, 0.6) is 0 Å². The Morgan fingerprint density at radius 2 is 1.80 bits per heavy atom. The first-order valence-electron chi connectivity index (χ1n) is 6.82. The Morgan fingerprint density at radius 1 is 1.15 bits per heavy atom. The van der Waals surface area contributed by atoms with Gasteiger partial charge >= 0.3 is 0 Å². The van der Waals surface area contributed by atoms with Crippen LogP contribution >= 0.6 is 11.3 Å². The van der Waals surface area contributed by atoms with Crippen LogP contribution in [0, 0.1) is 0 Å². The first-order valence-corrected chi connectivity index (χ1v) is 7.70. The zero-order valence-electron chi connectivity index (χ0n) is 12.7. The van der Waals surface area contributed by atoms with E-state index in [1.165, 1.54) is 16.3 Å². The SMILES string of the molecule is CN(Cc1ccc(N)cc1)Cc1nc(C(C)(C)C)cs1. The molecule has 3 nitrogen and oxygen atoms in total. The van der Waals surface area contributed by atoms with Crippen LogP contribution in [0.15, 0.2) is 29.6 Å². The molecule has 1 aromatic heterocycles. The molecule has 0 aliphatic rings. The average molecular weight is 289 g/mol. The molecule has 0 bridgehead atoms. The van der Waals surface area contributed by atoms with E-state index in [0.29, 0.717) is 0 Å². The molecule has 0 atom stereocenters. The van der Waals surface area contributed by atoms with Gasteiger partial charge < -0.3 is 5.73 Å². The Kier molecular flexibility index (Phi) is 4.45. The number of hydrogen-bond donors (Lipinski definition) is 1. The molecule has 2 N–H and O–H groups in total. The summed E-state index contributed by atoms with van der Waals surface area (Å²) in [7, 11) is 2.12. The Balaban J connectivity index is 1.96. The van der Waals surface area contributed by atoms with Crippen LogP contribution in [0.4, 0.5) is 5.69 Å². The molecule has 4 heteroatoms. The molecule has 0 radical (unpaired) electrons. The predicted molar refractivity (Wildman–Crippen MR) is 86.8 cm³/mol. The van der Waals surface area contributed by atoms with Gasteiger partial charge in [-0.15, -0.1) is 11.3 Å². The number of anilines is 1. The molecule has 1 heterocycles. The third-order valence-electron chi connectivity index (χ3n) is 3.16. The fourth-order valence-electron chi connectivity index (χ4n) is 1.95. The van der Waals surface area contributed by atoms with E-state index in [1.807, 2.05) is 12.1 Å². The summed E-state index contributed by atoms with van der Waals surface area (Å²) in [4.78, 5) is 7.01. The molecule has 0 aliphatic heterocycles. The number of aromatic nitrogens is 1. The highest BCUT2D eigenvalue weighted by Crippen LogP contribution is 2.24. The summed E-state index contributed by atoms with van der Waals surface area (Å²) in [6, 6.07) is 8.05. The van der Waals surface area contributed by atoms with Gasteiger partial charge in [0, 0.05) is 23.0 Å². The van der Waals surface area contributed by atoms with Gasteiger partial charge in [0.2, 0.25) is 0 Å². The fourth-order valence-corrected chi connectivity index (χ4v) is 3.05. The van der Waals surface area contributed by atoms with Gasteiger partial charge in [-0.1, -0.05) is 32.9 Å². The fraction of sp³-hybridized carbons (Fsp3) is 0.438. The molecule has 0 unspecified atom stereocenters. The summed E-state index contributed by atoms with van der Waals surface area (Å²) in [5.74, 6) is 0. The molecule has 0 fully saturated rings. The standard InChI is InChI=1S/C16H23N3S/c1-16(2,3)14-11-20-15(18-14)10-19(4)9-12-5-7-13(17)8-6-12/h5-8,11H,9-10,17H2,1-4H3. The molecule has 0 spiro atoms. The Bertz CT molecular complexity index is 552. The molecule has 2 aromatic rings. The van der Waals surface area contributed by atoms with E-state index < -0.39 is 0 Å². The van der Waals surface area contributed by atoms with E-state index in [-0.39, 0.29) is 5.41 Å². The second-order valence-corrected chi connectivity index (χ2v) is 7.23. The summed E-state index contributed by atoms with van der Waals surface area (Å²) in [5.41, 5.74) is 9.09. The Labute approximate surface area is 125 Å². The van der Waals surface area contributed by atoms with E-state index in [1.54, 1.807) is 11.3 Å². The molecule has 0 saturated heterocycles. The molecule has 108 valence electrons. The van der Waals surface area contributed by atoms with Crippen molar-refractivity contribution in [3.05, 3.63) is 45.9 Å². The van der Waals surface area contributed by atoms with Crippen molar-refractivity contribution < 1.29 is 0 Å². The van der Waals surface area contributed by atoms with Gasteiger partial charge in [0.25, 0.3) is 0 Å². The maximum absolute atomic E-state index is 5.70. The van der Waals surface area contributed by atoms with Crippen LogP contribution in [-0.2, 0) is 18.5 Å². The highest BCUT2D eigenvalue weighted by molar-refractivity contribution is 7.09. The van der Waals surface area contributed by atoms with Gasteiger partial charge in [-0.25, -0.2) is 4.98 Å². The molecule has 0 amide bonds. The largest absolute Gasteiger partial charge is 0.399 e. The first kappa shape index (κ1) is 15.0. The average Bonchev–Trinajstić information content (AvgIpc) is 2.80. The van der Waals surface area contributed by atoms with E-state index in [2.05, 4.69) is 50.2 Å². The third kappa shape index (κ3) is 4.05. The van der Waals surface area contributed by atoms with Crippen molar-refractivity contribution in [2.45, 2.75) is 39.3 Å². The lowest BCUT2D eigenvalue weighted by molar-refractivity contribution is 0.318. The van der Waals surface area contributed by atoms with Crippen LogP contribution in [0.1, 0.15) is 37.0 Å². The summed E-state index contributed by atoms with van der Waals surface area (Å²) < 4.78 is 0. The minimum Gasteiger partial charge on any atom is -0.399 e. The van der Waals surface area contributed by atoms with Crippen LogP contribution in [-0.4, -0.2) is 16.9 Å². The van der Waals surface area contributed by atoms with Crippen molar-refractivity contribution >= 4 is 17.0 Å². The van der Waals surface area contributed by atoms with Gasteiger partial charge in [0.05, 0.1) is 12.2 Å². The maximum atomic E-state index is 5.70. The van der Waals surface area contributed by atoms with Crippen molar-refractivity contribution in [3.8, 4) is 0 Å². The molecule has 0 saturated carbocycles. The number of rotatable bonds is 4. The number of benzene rings is 1. The van der Waals surface area contributed by atoms with Crippen LogP contribution in [0.2, 0.25) is 0 Å². The monoisotopic (exact) mass is 289 g/mol. The third-order valence-corrected chi connectivity index (χ3v) is 3.99. The lowest BCUT2D eigenvalue weighted by Crippen LogP contribution is -2.18. The van der Waals surface area contributed by atoms with Gasteiger partial charge in [0.1, 0.15) is 5.01 Å². The second kappa shape index (κ2) is 5.94. The van der Waals surface area contributed by atoms with Crippen molar-refractivity contribution in [2.24, 2.45) is 0 Å². The topological polar surface area (TPSA) is 42.1 Å². The predicted octanol–water partition coefficient (Wildman–Crippen LogP) is 3.65. The summed E-state index contributed by atoms with van der Waals surface area (Å²) in [5, 5.41) is 3.35. The maximum Gasteiger partial charge on any atom is 0.107 e. The summed E-state index contributed by atoms with van der Waals surface area (Å²) >= 11 is 1.74. The van der Waals surface area contributed by atoms with Gasteiger partial charge in [0.15, 0.2) is 0 Å². The number of nitrogens with two attached hydrogens (primary N) is 1. The number of thiazole rings is 1. The van der Waals surface area contributed by atoms with Crippen molar-refractivity contribution in [2.75, 3.05) is 12.8 Å². The zero-order chi connectivity index (χ0) is 14.8. The Morgan fingerprint density at radius 3 is 2.35 bits per heavy atom. The van der Waals surface area contributed by atoms with E-state index in [4.69, 9.17) is 10.7 Å². The zero-order valence-corrected chi connectivity index (χ0v) is 13.5. The molecule has 20 heavy (non-hydrogen) atoms. The smallest absolute Gasteiger partial charge is 0.107 e. The lowest BCUT2D eigenvalue weighted by atomic mass is 9.93. The molecular formula is C16H23N3S. The van der Waals surface area contributed by atoms with Crippen LogP contribution in [0.25, 0.3) is 0 Å². The Hall–Kier alpha value is -1.39. The van der Waals surface area contributed by atoms with Gasteiger partial charge in [-0.3, -0.25) is 4.90 Å². The summed E-state index contributed by atoms with van der Waals surface area (Å²) in [6.07, 6.45) is 0. The first-order chi connectivity index (χ1) is 9.34. The summed E-state index contributed by atoms with van der Waals surface area (Å²) in [6.45, 7) is 8.38. The minimum absolute atomic E-state index is 0.129. The molecule has 1 aromatic carbocycles. The van der Waals surface area contributed by atoms with E-state index >= 15 is 0 Å². The van der Waals surface area contributed by atoms with Gasteiger partial charge in [-0.2, -0.15) is 0 Å². The minimum atomic E-state index is 0.129. The number of hydrogen-bond acceptors (Lipinski definition) is 4. The number of nitrogens with zero attached hydrogens (tertiary/aromatic N) is 2. The van der Waals surface area contributed by atoms with E-state index in [9.17, 15) is 0 Å². The normalized spacial score (nSPS) is 12.1. The second-order valence-electron chi connectivity index (χ2n) is 6.29. The van der Waals surface area contributed by atoms with Crippen LogP contribution < -0.4 is 5.73 Å². The van der Waals surface area contributed by atoms with Crippen molar-refractivity contribution in [1.82, 2.24) is 9.88 Å². The van der Waals surface area contributed by atoms with Crippen molar-refractivity contribution in [3.63, 3.8) is 0 Å². The van der Waals surface area contributed by atoms with Crippen molar-refractivity contribution in [1.29, 1.82) is 0 Å². The quantitative estimate of drug-likeness (QED) is 0.874. The highest BCUT2D eigenvalue weighted by atomic mass is 32.1. The number of nitrogen functional groups attached to an aromatic ring is 1. The van der Waals surface area contributed by atoms with E-state index in [0.717, 1.165) is 18.8 Å².